The van der Waals surface area contributed by atoms with Crippen LogP contribution in [0, 0.1) is 13.8 Å². The Kier molecular flexibility index (Phi) is 4.72. The van der Waals surface area contributed by atoms with E-state index in [0.29, 0.717) is 17.0 Å². The molecular weight excluding hydrogens is 350 g/mol. The third kappa shape index (κ3) is 3.55. The Morgan fingerprint density at radius 1 is 0.929 bits per heavy atom. The highest BCUT2D eigenvalue weighted by molar-refractivity contribution is 5.92. The van der Waals surface area contributed by atoms with E-state index in [4.69, 9.17) is 4.74 Å². The van der Waals surface area contributed by atoms with Crippen LogP contribution in [0.15, 0.2) is 79.0 Å². The van der Waals surface area contributed by atoms with Crippen molar-refractivity contribution in [3.8, 4) is 22.7 Å². The van der Waals surface area contributed by atoms with E-state index in [2.05, 4.69) is 10.3 Å². The number of hydrogen-bond acceptors (Lipinski definition) is 4. The summed E-state index contributed by atoms with van der Waals surface area (Å²) < 4.78 is 7.40. The van der Waals surface area contributed by atoms with Gasteiger partial charge in [-0.25, -0.2) is 9.48 Å². The minimum atomic E-state index is -0.406. The van der Waals surface area contributed by atoms with Crippen LogP contribution >= 0.6 is 0 Å². The Hall–Kier alpha value is -3.73. The van der Waals surface area contributed by atoms with Crippen molar-refractivity contribution in [2.75, 3.05) is 0 Å². The van der Waals surface area contributed by atoms with Crippen molar-refractivity contribution in [1.82, 2.24) is 15.0 Å². The van der Waals surface area contributed by atoms with Crippen molar-refractivity contribution in [2.45, 2.75) is 13.8 Å². The number of nitrogens with zero attached hydrogens (tertiary/aromatic N) is 3. The number of carbonyl (C=O) groups is 1. The molecule has 3 aromatic carbocycles. The van der Waals surface area contributed by atoms with Crippen LogP contribution in [0.1, 0.15) is 21.5 Å². The van der Waals surface area contributed by atoms with Crippen LogP contribution in [-0.4, -0.2) is 21.0 Å². The number of hydrogen-bond donors (Lipinski definition) is 0. The van der Waals surface area contributed by atoms with Gasteiger partial charge >= 0.3 is 5.97 Å². The third-order valence-electron chi connectivity index (χ3n) is 4.48. The second-order valence-electron chi connectivity index (χ2n) is 6.59. The molecule has 0 unspecified atom stereocenters. The van der Waals surface area contributed by atoms with Gasteiger partial charge in [0.05, 0.1) is 17.4 Å². The Morgan fingerprint density at radius 3 is 2.46 bits per heavy atom. The summed E-state index contributed by atoms with van der Waals surface area (Å²) in [6, 6.07) is 22.5. The van der Waals surface area contributed by atoms with Gasteiger partial charge in [-0.3, -0.25) is 0 Å². The zero-order valence-corrected chi connectivity index (χ0v) is 15.7. The van der Waals surface area contributed by atoms with Gasteiger partial charge in [0.2, 0.25) is 0 Å². The molecular formula is C23H19N3O2. The van der Waals surface area contributed by atoms with Crippen LogP contribution in [0.4, 0.5) is 0 Å². The summed E-state index contributed by atoms with van der Waals surface area (Å²) in [5.41, 5.74) is 4.96. The standard InChI is InChI=1S/C23H19N3O2/c1-16-12-13-22(28-23(27)18-9-4-3-5-10-18)19(14-16)20-15-26(25-24-20)21-11-7-6-8-17(21)2/h3-15H,1-2H3. The molecule has 0 amide bonds. The second kappa shape index (κ2) is 7.48. The van der Waals surface area contributed by atoms with Crippen molar-refractivity contribution in [3.63, 3.8) is 0 Å². The smallest absolute Gasteiger partial charge is 0.343 e. The minimum absolute atomic E-state index is 0.406. The summed E-state index contributed by atoms with van der Waals surface area (Å²) in [5, 5.41) is 8.57. The average molecular weight is 369 g/mol. The summed E-state index contributed by atoms with van der Waals surface area (Å²) in [7, 11) is 0. The predicted molar refractivity (Wildman–Crippen MR) is 108 cm³/mol. The molecule has 0 radical (unpaired) electrons. The molecule has 4 rings (SSSR count). The van der Waals surface area contributed by atoms with E-state index in [9.17, 15) is 4.79 Å². The number of rotatable bonds is 4. The second-order valence-corrected chi connectivity index (χ2v) is 6.59. The van der Waals surface area contributed by atoms with E-state index < -0.39 is 5.97 Å². The molecule has 0 N–H and O–H groups in total. The zero-order valence-electron chi connectivity index (χ0n) is 15.7. The minimum Gasteiger partial charge on any atom is -0.422 e. The molecule has 28 heavy (non-hydrogen) atoms. The van der Waals surface area contributed by atoms with Crippen LogP contribution in [0.2, 0.25) is 0 Å². The third-order valence-corrected chi connectivity index (χ3v) is 4.48. The molecule has 0 aliphatic carbocycles. The molecule has 0 aliphatic heterocycles. The van der Waals surface area contributed by atoms with Crippen LogP contribution in [0.5, 0.6) is 5.75 Å². The molecule has 138 valence electrons. The molecule has 0 spiro atoms. The largest absolute Gasteiger partial charge is 0.422 e. The maximum absolute atomic E-state index is 12.5. The lowest BCUT2D eigenvalue weighted by atomic mass is 10.1. The molecule has 5 nitrogen and oxygen atoms in total. The summed E-state index contributed by atoms with van der Waals surface area (Å²) in [6.07, 6.45) is 1.84. The number of ether oxygens (including phenoxy) is 1. The van der Waals surface area contributed by atoms with E-state index >= 15 is 0 Å². The van der Waals surface area contributed by atoms with Crippen molar-refractivity contribution in [3.05, 3.63) is 95.7 Å². The lowest BCUT2D eigenvalue weighted by molar-refractivity contribution is 0.0735. The van der Waals surface area contributed by atoms with Gasteiger partial charge in [0.1, 0.15) is 11.4 Å². The first-order valence-electron chi connectivity index (χ1n) is 8.98. The Morgan fingerprint density at radius 2 is 1.68 bits per heavy atom. The van der Waals surface area contributed by atoms with Crippen LogP contribution in [-0.2, 0) is 0 Å². The normalized spacial score (nSPS) is 10.6. The quantitative estimate of drug-likeness (QED) is 0.384. The topological polar surface area (TPSA) is 57.0 Å². The number of aromatic nitrogens is 3. The molecule has 1 aromatic heterocycles. The SMILES string of the molecule is Cc1ccc(OC(=O)c2ccccc2)c(-c2cn(-c3ccccc3C)nn2)c1. The fourth-order valence-corrected chi connectivity index (χ4v) is 2.99. The highest BCUT2D eigenvalue weighted by Gasteiger charge is 2.16. The van der Waals surface area contributed by atoms with E-state index in [0.717, 1.165) is 22.4 Å². The Balaban J connectivity index is 1.70. The van der Waals surface area contributed by atoms with Gasteiger partial charge < -0.3 is 4.74 Å². The molecule has 0 aliphatic rings. The molecule has 0 fully saturated rings. The van der Waals surface area contributed by atoms with Crippen molar-refractivity contribution >= 4 is 5.97 Å². The Labute approximate surface area is 163 Å². The maximum Gasteiger partial charge on any atom is 0.343 e. The Bertz CT molecular complexity index is 1130. The molecule has 0 saturated heterocycles. The number of carbonyl (C=O) groups excluding carboxylic acids is 1. The fourth-order valence-electron chi connectivity index (χ4n) is 2.99. The van der Waals surface area contributed by atoms with E-state index in [1.807, 2.05) is 62.5 Å². The zero-order chi connectivity index (χ0) is 19.5. The lowest BCUT2D eigenvalue weighted by Crippen LogP contribution is -2.09. The molecule has 1 heterocycles. The molecule has 0 atom stereocenters. The lowest BCUT2D eigenvalue weighted by Gasteiger charge is -2.09. The van der Waals surface area contributed by atoms with Gasteiger partial charge in [-0.05, 0) is 49.7 Å². The van der Waals surface area contributed by atoms with E-state index in [1.165, 1.54) is 0 Å². The van der Waals surface area contributed by atoms with Gasteiger partial charge in [-0.2, -0.15) is 0 Å². The van der Waals surface area contributed by atoms with Crippen LogP contribution in [0.25, 0.3) is 16.9 Å². The first-order chi connectivity index (χ1) is 13.6. The van der Waals surface area contributed by atoms with Crippen molar-refractivity contribution in [1.29, 1.82) is 0 Å². The van der Waals surface area contributed by atoms with E-state index in [-0.39, 0.29) is 0 Å². The average Bonchev–Trinajstić information content (AvgIpc) is 3.20. The number of esters is 1. The number of para-hydroxylation sites is 1. The fraction of sp³-hybridized carbons (Fsp3) is 0.0870. The maximum atomic E-state index is 12.5. The van der Waals surface area contributed by atoms with Crippen molar-refractivity contribution < 1.29 is 9.53 Å². The monoisotopic (exact) mass is 369 g/mol. The molecule has 0 saturated carbocycles. The highest BCUT2D eigenvalue weighted by Crippen LogP contribution is 2.31. The van der Waals surface area contributed by atoms with Crippen molar-refractivity contribution in [2.24, 2.45) is 0 Å². The molecule has 0 bridgehead atoms. The molecule has 5 heteroatoms. The molecule has 4 aromatic rings. The van der Waals surface area contributed by atoms with Gasteiger partial charge in [-0.1, -0.05) is 53.2 Å². The summed E-state index contributed by atoms with van der Waals surface area (Å²) >= 11 is 0. The van der Waals surface area contributed by atoms with Gasteiger partial charge in [0.15, 0.2) is 0 Å². The van der Waals surface area contributed by atoms with Gasteiger partial charge in [-0.15, -0.1) is 5.10 Å². The number of aryl methyl sites for hydroxylation is 2. The van der Waals surface area contributed by atoms with E-state index in [1.54, 1.807) is 35.0 Å². The van der Waals surface area contributed by atoms with Crippen LogP contribution < -0.4 is 4.74 Å². The summed E-state index contributed by atoms with van der Waals surface area (Å²) in [6.45, 7) is 4.01. The number of benzene rings is 3. The van der Waals surface area contributed by atoms with Gasteiger partial charge in [0.25, 0.3) is 0 Å². The summed E-state index contributed by atoms with van der Waals surface area (Å²) in [4.78, 5) is 12.5. The van der Waals surface area contributed by atoms with Gasteiger partial charge in [0, 0.05) is 5.56 Å². The first-order valence-corrected chi connectivity index (χ1v) is 8.98. The highest BCUT2D eigenvalue weighted by atomic mass is 16.5. The van der Waals surface area contributed by atoms with Crippen LogP contribution in [0.3, 0.4) is 0 Å². The predicted octanol–water partition coefficient (Wildman–Crippen LogP) is 4.77. The summed E-state index contributed by atoms with van der Waals surface area (Å²) in [5.74, 6) is 0.0493. The first kappa shape index (κ1) is 17.7.